The maximum Gasteiger partial charge on any atom is 0.303 e. The Morgan fingerprint density at radius 1 is 1.16 bits per heavy atom. The lowest BCUT2D eigenvalue weighted by molar-refractivity contribution is -0.137. The molecule has 4 heterocycles. The predicted molar refractivity (Wildman–Crippen MR) is 143 cm³/mol. The number of hydrogen-bond donors (Lipinski definition) is 3. The number of nitrogens with zero attached hydrogens (tertiary/aromatic N) is 4. The number of carbonyl (C=O) groups is 1. The minimum absolute atomic E-state index is 0.0736. The summed E-state index contributed by atoms with van der Waals surface area (Å²) < 4.78 is 1.90. The van der Waals surface area contributed by atoms with Gasteiger partial charge in [-0.2, -0.15) is 5.10 Å². The zero-order valence-corrected chi connectivity index (χ0v) is 21.6. The van der Waals surface area contributed by atoms with Crippen LogP contribution >= 0.6 is 0 Å². The summed E-state index contributed by atoms with van der Waals surface area (Å²) >= 11 is 0. The lowest BCUT2D eigenvalue weighted by atomic mass is 9.85. The molecule has 2 atom stereocenters. The molecule has 196 valence electrons. The number of pyridine rings is 1. The lowest BCUT2D eigenvalue weighted by Gasteiger charge is -2.21. The number of hydrogen-bond acceptors (Lipinski definition) is 6. The molecule has 0 radical (unpaired) electrons. The average molecular weight is 504 g/mol. The molecule has 0 bridgehead atoms. The van der Waals surface area contributed by atoms with Crippen molar-refractivity contribution in [2.24, 2.45) is 5.92 Å². The molecule has 0 saturated carbocycles. The van der Waals surface area contributed by atoms with Gasteiger partial charge < -0.3 is 20.4 Å². The highest BCUT2D eigenvalue weighted by Crippen LogP contribution is 2.36. The molecule has 0 amide bonds. The Morgan fingerprint density at radius 3 is 2.86 bits per heavy atom. The van der Waals surface area contributed by atoms with Gasteiger partial charge in [-0.3, -0.25) is 4.79 Å². The molecule has 2 aliphatic rings. The minimum Gasteiger partial charge on any atom is -0.481 e. The molecule has 3 N–H and O–H groups in total. The second-order valence-electron chi connectivity index (χ2n) is 10.4. The number of rotatable bonds is 10. The molecule has 5 rings (SSSR count). The van der Waals surface area contributed by atoms with Gasteiger partial charge in [0.15, 0.2) is 0 Å². The summed E-state index contributed by atoms with van der Waals surface area (Å²) in [6, 6.07) is 14.9. The van der Waals surface area contributed by atoms with Gasteiger partial charge in [0.2, 0.25) is 0 Å². The first-order valence-corrected chi connectivity index (χ1v) is 13.4. The van der Waals surface area contributed by atoms with Crippen molar-refractivity contribution in [2.45, 2.75) is 58.0 Å². The molecule has 2 aliphatic heterocycles. The number of aryl methyl sites for hydroxylation is 3. The van der Waals surface area contributed by atoms with Gasteiger partial charge in [0.1, 0.15) is 5.82 Å². The molecule has 1 aromatic carbocycles. The monoisotopic (exact) mass is 503 g/mol. The fourth-order valence-electron chi connectivity index (χ4n) is 5.87. The van der Waals surface area contributed by atoms with Crippen molar-refractivity contribution >= 4 is 11.8 Å². The smallest absolute Gasteiger partial charge is 0.303 e. The van der Waals surface area contributed by atoms with E-state index < -0.39 is 5.97 Å². The second-order valence-corrected chi connectivity index (χ2v) is 10.4. The van der Waals surface area contributed by atoms with Crippen molar-refractivity contribution < 1.29 is 15.0 Å². The van der Waals surface area contributed by atoms with Crippen LogP contribution in [0.2, 0.25) is 0 Å². The summed E-state index contributed by atoms with van der Waals surface area (Å²) in [4.78, 5) is 18.4. The Morgan fingerprint density at radius 2 is 2.05 bits per heavy atom. The van der Waals surface area contributed by atoms with Gasteiger partial charge in [-0.25, -0.2) is 9.67 Å². The number of carboxylic acid groups (broad SMARTS) is 1. The van der Waals surface area contributed by atoms with E-state index in [9.17, 15) is 9.90 Å². The highest BCUT2D eigenvalue weighted by Gasteiger charge is 2.33. The van der Waals surface area contributed by atoms with Crippen LogP contribution in [-0.2, 0) is 24.2 Å². The third-order valence-corrected chi connectivity index (χ3v) is 7.75. The van der Waals surface area contributed by atoms with E-state index in [1.165, 1.54) is 11.1 Å². The third kappa shape index (κ3) is 6.02. The highest BCUT2D eigenvalue weighted by molar-refractivity contribution is 5.66. The van der Waals surface area contributed by atoms with Crippen molar-refractivity contribution in [3.05, 3.63) is 70.7 Å². The molecule has 8 nitrogen and oxygen atoms in total. The van der Waals surface area contributed by atoms with Crippen molar-refractivity contribution in [2.75, 3.05) is 31.5 Å². The zero-order chi connectivity index (χ0) is 25.8. The van der Waals surface area contributed by atoms with Gasteiger partial charge in [-0.15, -0.1) is 0 Å². The molecule has 0 spiro atoms. The van der Waals surface area contributed by atoms with Crippen LogP contribution in [0.25, 0.3) is 5.69 Å². The summed E-state index contributed by atoms with van der Waals surface area (Å²) in [5, 5.41) is 26.6. The van der Waals surface area contributed by atoms with Crippen LogP contribution in [0.1, 0.15) is 59.8 Å². The lowest BCUT2D eigenvalue weighted by Crippen LogP contribution is -2.23. The first-order valence-electron chi connectivity index (χ1n) is 13.4. The zero-order valence-electron chi connectivity index (χ0n) is 21.6. The van der Waals surface area contributed by atoms with Crippen LogP contribution in [0.4, 0.5) is 5.82 Å². The predicted octanol–water partition coefficient (Wildman–Crippen LogP) is 3.94. The van der Waals surface area contributed by atoms with E-state index in [-0.39, 0.29) is 13.0 Å². The number of nitrogens with one attached hydrogen (secondary N) is 1. The van der Waals surface area contributed by atoms with Crippen LogP contribution in [0.15, 0.2) is 42.5 Å². The van der Waals surface area contributed by atoms with E-state index in [1.54, 1.807) is 0 Å². The number of benzene rings is 1. The summed E-state index contributed by atoms with van der Waals surface area (Å²) in [6.07, 6.45) is 5.09. The van der Waals surface area contributed by atoms with Crippen molar-refractivity contribution in [3.8, 4) is 5.69 Å². The fourth-order valence-corrected chi connectivity index (χ4v) is 5.87. The fraction of sp³-hybridized carbons (Fsp3) is 0.483. The van der Waals surface area contributed by atoms with Gasteiger partial charge in [0.25, 0.3) is 0 Å². The molecule has 3 aromatic rings. The van der Waals surface area contributed by atoms with E-state index in [0.717, 1.165) is 74.8 Å². The Labute approximate surface area is 218 Å². The highest BCUT2D eigenvalue weighted by atomic mass is 16.4. The Bertz CT molecular complexity index is 1240. The summed E-state index contributed by atoms with van der Waals surface area (Å²) in [7, 11) is 0. The number of aliphatic carboxylic acids is 1. The summed E-state index contributed by atoms with van der Waals surface area (Å²) in [5.41, 5.74) is 6.39. The SMILES string of the molecule is Cc1cc(CO)nn1-c1cccc(C2CN(CCCC(=O)O)C[C@@H]2CCc2ccc3c(n2)NCCC3)c1. The number of likely N-dealkylation sites (tertiary alicyclic amines) is 1. The molecular formula is C29H37N5O3. The number of aliphatic hydroxyl groups excluding tert-OH is 1. The van der Waals surface area contributed by atoms with Crippen LogP contribution in [0.5, 0.6) is 0 Å². The van der Waals surface area contributed by atoms with E-state index in [2.05, 4.69) is 51.7 Å². The van der Waals surface area contributed by atoms with Gasteiger partial charge in [0.05, 0.1) is 18.0 Å². The maximum atomic E-state index is 11.1. The topological polar surface area (TPSA) is 104 Å². The van der Waals surface area contributed by atoms with Gasteiger partial charge in [-0.05, 0) is 86.9 Å². The summed E-state index contributed by atoms with van der Waals surface area (Å²) in [6.45, 7) is 5.61. The molecule has 37 heavy (non-hydrogen) atoms. The van der Waals surface area contributed by atoms with Crippen LogP contribution < -0.4 is 5.32 Å². The summed E-state index contributed by atoms with van der Waals surface area (Å²) in [5.74, 6) is 1.13. The molecular weight excluding hydrogens is 466 g/mol. The molecule has 1 unspecified atom stereocenters. The number of carboxylic acids is 1. The minimum atomic E-state index is -0.732. The van der Waals surface area contributed by atoms with Crippen molar-refractivity contribution in [3.63, 3.8) is 0 Å². The van der Waals surface area contributed by atoms with Gasteiger partial charge >= 0.3 is 5.97 Å². The molecule has 8 heteroatoms. The van der Waals surface area contributed by atoms with E-state index in [4.69, 9.17) is 10.1 Å². The van der Waals surface area contributed by atoms with Crippen molar-refractivity contribution in [1.29, 1.82) is 0 Å². The van der Waals surface area contributed by atoms with Gasteiger partial charge in [-0.1, -0.05) is 18.2 Å². The Kier molecular flexibility index (Phi) is 7.86. The first kappa shape index (κ1) is 25.4. The normalized spacial score (nSPS) is 19.5. The number of aromatic nitrogens is 3. The number of fused-ring (bicyclic) bond motifs is 1. The van der Waals surface area contributed by atoms with Crippen LogP contribution in [0.3, 0.4) is 0 Å². The molecule has 1 fully saturated rings. The third-order valence-electron chi connectivity index (χ3n) is 7.75. The number of anilines is 1. The average Bonchev–Trinajstić information content (AvgIpc) is 3.50. The van der Waals surface area contributed by atoms with Crippen LogP contribution in [-0.4, -0.2) is 62.0 Å². The van der Waals surface area contributed by atoms with E-state index in [1.807, 2.05) is 17.7 Å². The van der Waals surface area contributed by atoms with Crippen LogP contribution in [0, 0.1) is 12.8 Å². The molecule has 1 saturated heterocycles. The first-order chi connectivity index (χ1) is 18.0. The maximum absolute atomic E-state index is 11.1. The van der Waals surface area contributed by atoms with Gasteiger partial charge in [0, 0.05) is 43.4 Å². The van der Waals surface area contributed by atoms with E-state index in [0.29, 0.717) is 24.0 Å². The number of aliphatic hydroxyl groups is 1. The Hall–Kier alpha value is -3.23. The second kappa shape index (κ2) is 11.4. The Balaban J connectivity index is 1.34. The quantitative estimate of drug-likeness (QED) is 0.385. The largest absolute Gasteiger partial charge is 0.481 e. The van der Waals surface area contributed by atoms with Crippen molar-refractivity contribution in [1.82, 2.24) is 19.7 Å². The molecule has 0 aliphatic carbocycles. The standard InChI is InChI=1S/C29H37N5O3/c1-20-15-25(19-35)32-34(20)26-7-2-5-22(16-26)27-18-33(14-4-8-28(36)37)17-23(27)10-12-24-11-9-21-6-3-13-30-29(21)31-24/h2,5,7,9,11,15-16,23,27,35H,3-4,6,8,10,12-14,17-19H2,1H3,(H,30,31)(H,36,37)/t23-,27?/m0/s1. The van der Waals surface area contributed by atoms with E-state index >= 15 is 0 Å². The molecule has 2 aromatic heterocycles.